The van der Waals surface area contributed by atoms with Gasteiger partial charge in [0.25, 0.3) is 0 Å². The van der Waals surface area contributed by atoms with Gasteiger partial charge in [-0.05, 0) is 43.5 Å². The molecule has 130 valence electrons. The number of guanidine groups is 1. The second kappa shape index (κ2) is 8.85. The van der Waals surface area contributed by atoms with E-state index in [1.807, 2.05) is 18.4 Å². The smallest absolute Gasteiger partial charge is 0.191 e. The highest BCUT2D eigenvalue weighted by atomic mass is 127. The molecule has 0 radical (unpaired) electrons. The molecule has 2 N–H and O–H groups in total. The normalized spacial score (nSPS) is 17.3. The number of fused-ring (bicyclic) bond motifs is 1. The van der Waals surface area contributed by atoms with Crippen LogP contribution in [0, 0.1) is 6.92 Å². The van der Waals surface area contributed by atoms with Crippen LogP contribution in [-0.2, 0) is 12.8 Å². The Labute approximate surface area is 166 Å². The van der Waals surface area contributed by atoms with E-state index in [1.165, 1.54) is 27.3 Å². The van der Waals surface area contributed by atoms with Gasteiger partial charge in [-0.3, -0.25) is 4.99 Å². The van der Waals surface area contributed by atoms with Gasteiger partial charge in [0.05, 0.1) is 0 Å². The van der Waals surface area contributed by atoms with Crippen molar-refractivity contribution < 1.29 is 0 Å². The van der Waals surface area contributed by atoms with Crippen molar-refractivity contribution in [2.75, 3.05) is 13.6 Å². The van der Waals surface area contributed by atoms with E-state index in [4.69, 9.17) is 0 Å². The Morgan fingerprint density at radius 1 is 1.29 bits per heavy atom. The van der Waals surface area contributed by atoms with Crippen LogP contribution in [0.4, 0.5) is 0 Å². The molecule has 0 fully saturated rings. The molecule has 24 heavy (non-hydrogen) atoms. The summed E-state index contributed by atoms with van der Waals surface area (Å²) >= 11 is 1.87. The molecule has 1 aromatic carbocycles. The van der Waals surface area contributed by atoms with Gasteiger partial charge in [0.1, 0.15) is 0 Å². The molecule has 1 heterocycles. The topological polar surface area (TPSA) is 36.4 Å². The van der Waals surface area contributed by atoms with Crippen molar-refractivity contribution in [3.8, 4) is 0 Å². The van der Waals surface area contributed by atoms with Crippen LogP contribution in [0.5, 0.6) is 0 Å². The lowest BCUT2D eigenvalue weighted by molar-refractivity contribution is 0.573. The minimum atomic E-state index is 0. The predicted molar refractivity (Wildman–Crippen MR) is 115 cm³/mol. The first-order valence-electron chi connectivity index (χ1n) is 8.26. The maximum Gasteiger partial charge on any atom is 0.191 e. The zero-order valence-electron chi connectivity index (χ0n) is 14.5. The van der Waals surface area contributed by atoms with E-state index < -0.39 is 0 Å². The molecule has 0 bridgehead atoms. The maximum atomic E-state index is 4.36. The lowest BCUT2D eigenvalue weighted by atomic mass is 9.78. The number of aryl methyl sites for hydroxylation is 1. The van der Waals surface area contributed by atoms with Gasteiger partial charge in [-0.25, -0.2) is 0 Å². The molecular formula is C19H26IN3S. The highest BCUT2D eigenvalue weighted by Gasteiger charge is 2.25. The first-order valence-corrected chi connectivity index (χ1v) is 9.07. The van der Waals surface area contributed by atoms with Crippen molar-refractivity contribution >= 4 is 41.3 Å². The number of nitrogens with zero attached hydrogens (tertiary/aromatic N) is 1. The number of aliphatic imine (C=N–C) groups is 1. The van der Waals surface area contributed by atoms with Gasteiger partial charge in [0.2, 0.25) is 0 Å². The highest BCUT2D eigenvalue weighted by Crippen LogP contribution is 2.33. The summed E-state index contributed by atoms with van der Waals surface area (Å²) in [5.74, 6) is 1.51. The molecular weight excluding hydrogens is 429 g/mol. The van der Waals surface area contributed by atoms with Crippen LogP contribution >= 0.6 is 35.3 Å². The van der Waals surface area contributed by atoms with Crippen molar-refractivity contribution in [2.24, 2.45) is 4.99 Å². The lowest BCUT2D eigenvalue weighted by Crippen LogP contribution is -2.45. The minimum Gasteiger partial charge on any atom is -0.356 e. The Hall–Kier alpha value is -1.08. The summed E-state index contributed by atoms with van der Waals surface area (Å²) in [5.41, 5.74) is 2.97. The summed E-state index contributed by atoms with van der Waals surface area (Å²) in [4.78, 5) is 7.15. The van der Waals surface area contributed by atoms with Crippen molar-refractivity contribution in [2.45, 2.75) is 38.6 Å². The van der Waals surface area contributed by atoms with E-state index in [2.05, 4.69) is 65.9 Å². The second-order valence-corrected chi connectivity index (χ2v) is 7.69. The van der Waals surface area contributed by atoms with Crippen LogP contribution in [0.2, 0.25) is 0 Å². The number of nitrogens with one attached hydrogen (secondary N) is 2. The zero-order chi connectivity index (χ0) is 16.2. The van der Waals surface area contributed by atoms with E-state index in [1.54, 1.807) is 0 Å². The second-order valence-electron chi connectivity index (χ2n) is 6.31. The van der Waals surface area contributed by atoms with Crippen LogP contribution in [0.3, 0.4) is 0 Å². The van der Waals surface area contributed by atoms with Crippen LogP contribution in [0.15, 0.2) is 41.4 Å². The maximum absolute atomic E-state index is 4.36. The monoisotopic (exact) mass is 455 g/mol. The molecule has 2 unspecified atom stereocenters. The quantitative estimate of drug-likeness (QED) is 0.405. The van der Waals surface area contributed by atoms with Crippen LogP contribution in [0.25, 0.3) is 0 Å². The minimum absolute atomic E-state index is 0. The van der Waals surface area contributed by atoms with Crippen molar-refractivity contribution in [3.05, 3.63) is 57.3 Å². The molecule has 0 spiro atoms. The first kappa shape index (κ1) is 19.2. The van der Waals surface area contributed by atoms with Gasteiger partial charge in [0, 0.05) is 41.7 Å². The van der Waals surface area contributed by atoms with Gasteiger partial charge in [-0.15, -0.1) is 35.3 Å². The zero-order valence-corrected chi connectivity index (χ0v) is 17.7. The van der Waals surface area contributed by atoms with E-state index in [9.17, 15) is 0 Å². The van der Waals surface area contributed by atoms with E-state index >= 15 is 0 Å². The standard InChI is InChI=1S/C19H25N3S.HI/c1-13(10-17-9-8-14(2)23-17)22-19(20-3)21-12-16-11-15-6-4-5-7-18(15)16;/h4-9,13,16H,10-12H2,1-3H3,(H2,20,21,22);1H. The molecule has 2 aromatic rings. The van der Waals surface area contributed by atoms with Gasteiger partial charge < -0.3 is 10.6 Å². The van der Waals surface area contributed by atoms with E-state index in [-0.39, 0.29) is 24.0 Å². The summed E-state index contributed by atoms with van der Waals surface area (Å²) in [6, 6.07) is 13.5. The third-order valence-electron chi connectivity index (χ3n) is 4.39. The van der Waals surface area contributed by atoms with Crippen LogP contribution < -0.4 is 10.6 Å². The van der Waals surface area contributed by atoms with Crippen molar-refractivity contribution in [3.63, 3.8) is 0 Å². The van der Waals surface area contributed by atoms with Gasteiger partial charge in [-0.2, -0.15) is 0 Å². The number of hydrogen-bond donors (Lipinski definition) is 2. The molecule has 1 aromatic heterocycles. The first-order chi connectivity index (χ1) is 11.2. The lowest BCUT2D eigenvalue weighted by Gasteiger charge is -2.31. The van der Waals surface area contributed by atoms with Crippen molar-refractivity contribution in [1.29, 1.82) is 0 Å². The third kappa shape index (κ3) is 4.72. The Balaban J connectivity index is 0.00000208. The number of halogens is 1. The summed E-state index contributed by atoms with van der Waals surface area (Å²) < 4.78 is 0. The number of thiophene rings is 1. The Bertz CT molecular complexity index is 695. The summed E-state index contributed by atoms with van der Waals surface area (Å²) in [5, 5.41) is 6.97. The fraction of sp³-hybridized carbons (Fsp3) is 0.421. The molecule has 1 aliphatic carbocycles. The largest absolute Gasteiger partial charge is 0.356 e. The average molecular weight is 455 g/mol. The molecule has 1 aliphatic rings. The Morgan fingerprint density at radius 3 is 2.75 bits per heavy atom. The molecule has 2 atom stereocenters. The number of rotatable bonds is 5. The summed E-state index contributed by atoms with van der Waals surface area (Å²) in [6.07, 6.45) is 2.20. The predicted octanol–water partition coefficient (Wildman–Crippen LogP) is 4.11. The average Bonchev–Trinajstić information content (AvgIpc) is 2.92. The summed E-state index contributed by atoms with van der Waals surface area (Å²) in [6.45, 7) is 5.31. The Kier molecular flexibility index (Phi) is 7.10. The SMILES string of the molecule is CN=C(NCC1Cc2ccccc21)NC(C)Cc1ccc(C)s1.I. The van der Waals surface area contributed by atoms with Gasteiger partial charge in [-0.1, -0.05) is 24.3 Å². The number of benzene rings is 1. The molecule has 0 aliphatic heterocycles. The fourth-order valence-corrected chi connectivity index (χ4v) is 4.16. The van der Waals surface area contributed by atoms with Crippen LogP contribution in [0.1, 0.15) is 33.7 Å². The fourth-order valence-electron chi connectivity index (χ4n) is 3.14. The molecule has 0 saturated carbocycles. The van der Waals surface area contributed by atoms with Crippen molar-refractivity contribution in [1.82, 2.24) is 10.6 Å². The summed E-state index contributed by atoms with van der Waals surface area (Å²) in [7, 11) is 1.84. The molecule has 3 nitrogen and oxygen atoms in total. The van der Waals surface area contributed by atoms with Crippen LogP contribution in [-0.4, -0.2) is 25.6 Å². The van der Waals surface area contributed by atoms with E-state index in [0.717, 1.165) is 18.9 Å². The molecule has 5 heteroatoms. The van der Waals surface area contributed by atoms with E-state index in [0.29, 0.717) is 12.0 Å². The van der Waals surface area contributed by atoms with Gasteiger partial charge in [0.15, 0.2) is 5.96 Å². The van der Waals surface area contributed by atoms with Gasteiger partial charge >= 0.3 is 0 Å². The molecule has 0 saturated heterocycles. The molecule has 0 amide bonds. The molecule has 3 rings (SSSR count). The highest BCUT2D eigenvalue weighted by molar-refractivity contribution is 14.0. The Morgan fingerprint density at radius 2 is 2.08 bits per heavy atom. The number of hydrogen-bond acceptors (Lipinski definition) is 2. The third-order valence-corrected chi connectivity index (χ3v) is 5.41.